The lowest BCUT2D eigenvalue weighted by atomic mass is 10.3. The monoisotopic (exact) mass is 310 g/mol. The maximum atomic E-state index is 5.99. The van der Waals surface area contributed by atoms with Crippen LogP contribution in [0.5, 0.6) is 0 Å². The van der Waals surface area contributed by atoms with E-state index in [1.807, 2.05) is 19.1 Å². The van der Waals surface area contributed by atoms with E-state index in [-0.39, 0.29) is 0 Å². The zero-order valence-corrected chi connectivity index (χ0v) is 13.0. The molecule has 0 fully saturated rings. The summed E-state index contributed by atoms with van der Waals surface area (Å²) in [5.74, 6) is 1.31. The number of anilines is 3. The van der Waals surface area contributed by atoms with E-state index in [2.05, 4.69) is 34.4 Å². The normalized spacial score (nSPS) is 10.7. The van der Waals surface area contributed by atoms with Crippen LogP contribution in [0.2, 0.25) is 10.0 Å². The third kappa shape index (κ3) is 3.99. The second-order valence-electron chi connectivity index (χ2n) is 4.77. The van der Waals surface area contributed by atoms with Crippen molar-refractivity contribution in [2.75, 3.05) is 10.6 Å². The molecule has 106 valence electrons. The fraction of sp³-hybridized carbons (Fsp3) is 0.286. The second-order valence-corrected chi connectivity index (χ2v) is 5.59. The molecule has 0 saturated carbocycles. The molecule has 1 heterocycles. The van der Waals surface area contributed by atoms with Crippen molar-refractivity contribution in [2.24, 2.45) is 0 Å². The highest BCUT2D eigenvalue weighted by Gasteiger charge is 2.05. The summed E-state index contributed by atoms with van der Waals surface area (Å²) in [5.41, 5.74) is 1.67. The van der Waals surface area contributed by atoms with Crippen molar-refractivity contribution in [3.05, 3.63) is 40.0 Å². The van der Waals surface area contributed by atoms with E-state index in [0.717, 1.165) is 17.2 Å². The van der Waals surface area contributed by atoms with Gasteiger partial charge in [-0.3, -0.25) is 0 Å². The minimum absolute atomic E-state index is 0.308. The number of hydrogen-bond acceptors (Lipinski definition) is 4. The lowest BCUT2D eigenvalue weighted by Crippen LogP contribution is -2.12. The van der Waals surface area contributed by atoms with Gasteiger partial charge < -0.3 is 10.6 Å². The molecule has 2 aromatic rings. The van der Waals surface area contributed by atoms with Gasteiger partial charge in [-0.2, -0.15) is 4.98 Å². The first-order chi connectivity index (χ1) is 9.44. The average molecular weight is 311 g/mol. The summed E-state index contributed by atoms with van der Waals surface area (Å²) in [6.45, 7) is 6.04. The Morgan fingerprint density at radius 1 is 1.05 bits per heavy atom. The molecule has 2 rings (SSSR count). The number of aryl methyl sites for hydroxylation is 1. The van der Waals surface area contributed by atoms with Crippen molar-refractivity contribution in [3.63, 3.8) is 0 Å². The summed E-state index contributed by atoms with van der Waals surface area (Å²) in [6.07, 6.45) is 0. The summed E-state index contributed by atoms with van der Waals surface area (Å²) in [6, 6.07) is 7.51. The van der Waals surface area contributed by atoms with E-state index in [4.69, 9.17) is 23.2 Å². The summed E-state index contributed by atoms with van der Waals surface area (Å²) in [5, 5.41) is 7.38. The molecule has 0 aliphatic carbocycles. The highest BCUT2D eigenvalue weighted by molar-refractivity contribution is 6.42. The highest BCUT2D eigenvalue weighted by Crippen LogP contribution is 2.26. The molecule has 0 saturated heterocycles. The Kier molecular flexibility index (Phi) is 4.68. The number of nitrogens with one attached hydrogen (secondary N) is 2. The predicted molar refractivity (Wildman–Crippen MR) is 85.3 cm³/mol. The van der Waals surface area contributed by atoms with E-state index < -0.39 is 0 Å². The van der Waals surface area contributed by atoms with Crippen molar-refractivity contribution in [3.8, 4) is 0 Å². The van der Waals surface area contributed by atoms with Crippen molar-refractivity contribution in [2.45, 2.75) is 26.8 Å². The highest BCUT2D eigenvalue weighted by atomic mass is 35.5. The van der Waals surface area contributed by atoms with Crippen LogP contribution in [0.3, 0.4) is 0 Å². The molecule has 1 aromatic heterocycles. The number of rotatable bonds is 4. The fourth-order valence-corrected chi connectivity index (χ4v) is 2.00. The summed E-state index contributed by atoms with van der Waals surface area (Å²) in [4.78, 5) is 8.76. The van der Waals surface area contributed by atoms with Crippen LogP contribution in [0.15, 0.2) is 24.3 Å². The molecule has 20 heavy (non-hydrogen) atoms. The van der Waals surface area contributed by atoms with Crippen LogP contribution >= 0.6 is 23.2 Å². The van der Waals surface area contributed by atoms with Crippen molar-refractivity contribution >= 4 is 40.7 Å². The SMILES string of the molecule is Cc1cc(NC(C)C)nc(Nc2ccc(Cl)c(Cl)c2)n1. The molecule has 0 aliphatic heterocycles. The summed E-state index contributed by atoms with van der Waals surface area (Å²) < 4.78 is 0. The van der Waals surface area contributed by atoms with Crippen LogP contribution in [-0.2, 0) is 0 Å². The molecule has 0 spiro atoms. The minimum atomic E-state index is 0.308. The fourth-order valence-electron chi connectivity index (χ4n) is 1.70. The Morgan fingerprint density at radius 3 is 2.45 bits per heavy atom. The molecule has 0 radical (unpaired) electrons. The van der Waals surface area contributed by atoms with Gasteiger partial charge in [0.2, 0.25) is 5.95 Å². The van der Waals surface area contributed by atoms with Crippen molar-refractivity contribution in [1.82, 2.24) is 9.97 Å². The maximum Gasteiger partial charge on any atom is 0.229 e. The zero-order valence-electron chi connectivity index (χ0n) is 11.5. The predicted octanol–water partition coefficient (Wildman–Crippen LogP) is 4.66. The van der Waals surface area contributed by atoms with Crippen LogP contribution in [0, 0.1) is 6.92 Å². The van der Waals surface area contributed by atoms with Gasteiger partial charge in [0.25, 0.3) is 0 Å². The van der Waals surface area contributed by atoms with Crippen molar-refractivity contribution in [1.29, 1.82) is 0 Å². The quantitative estimate of drug-likeness (QED) is 0.862. The molecule has 0 amide bonds. The van der Waals surface area contributed by atoms with E-state index in [1.165, 1.54) is 0 Å². The molecular weight excluding hydrogens is 295 g/mol. The van der Waals surface area contributed by atoms with Gasteiger partial charge in [0, 0.05) is 23.5 Å². The lowest BCUT2D eigenvalue weighted by Gasteiger charge is -2.12. The minimum Gasteiger partial charge on any atom is -0.368 e. The first-order valence-electron chi connectivity index (χ1n) is 6.28. The van der Waals surface area contributed by atoms with Gasteiger partial charge in [-0.25, -0.2) is 4.98 Å². The van der Waals surface area contributed by atoms with Gasteiger partial charge in [-0.1, -0.05) is 23.2 Å². The number of benzene rings is 1. The van der Waals surface area contributed by atoms with Crippen LogP contribution < -0.4 is 10.6 Å². The first kappa shape index (κ1) is 14.9. The Morgan fingerprint density at radius 2 is 1.80 bits per heavy atom. The number of aromatic nitrogens is 2. The summed E-state index contributed by atoms with van der Waals surface area (Å²) >= 11 is 11.9. The van der Waals surface area contributed by atoms with Crippen LogP contribution in [-0.4, -0.2) is 16.0 Å². The smallest absolute Gasteiger partial charge is 0.229 e. The Labute approximate surface area is 128 Å². The third-order valence-corrected chi connectivity index (χ3v) is 3.21. The Bertz CT molecular complexity index is 614. The van der Waals surface area contributed by atoms with Gasteiger partial charge >= 0.3 is 0 Å². The molecule has 4 nitrogen and oxygen atoms in total. The second kappa shape index (κ2) is 6.29. The summed E-state index contributed by atoms with van der Waals surface area (Å²) in [7, 11) is 0. The van der Waals surface area contributed by atoms with E-state index in [0.29, 0.717) is 22.0 Å². The Hall–Kier alpha value is -1.52. The van der Waals surface area contributed by atoms with Gasteiger partial charge in [0.15, 0.2) is 0 Å². The standard InChI is InChI=1S/C14H16Cl2N4/c1-8(2)17-13-6-9(3)18-14(20-13)19-10-4-5-11(15)12(16)7-10/h4-8H,1-3H3,(H2,17,18,19,20). The first-order valence-corrected chi connectivity index (χ1v) is 7.04. The average Bonchev–Trinajstić information content (AvgIpc) is 2.32. The van der Waals surface area contributed by atoms with E-state index in [9.17, 15) is 0 Å². The molecule has 2 N–H and O–H groups in total. The zero-order chi connectivity index (χ0) is 14.7. The van der Waals surface area contributed by atoms with Crippen LogP contribution in [0.25, 0.3) is 0 Å². The molecule has 0 bridgehead atoms. The maximum absolute atomic E-state index is 5.99. The van der Waals surface area contributed by atoms with Crippen molar-refractivity contribution < 1.29 is 0 Å². The molecule has 0 atom stereocenters. The number of halogens is 2. The number of hydrogen-bond donors (Lipinski definition) is 2. The molecule has 0 unspecified atom stereocenters. The van der Waals surface area contributed by atoms with Crippen LogP contribution in [0.1, 0.15) is 19.5 Å². The van der Waals surface area contributed by atoms with Gasteiger partial charge in [0.1, 0.15) is 5.82 Å². The van der Waals surface area contributed by atoms with E-state index in [1.54, 1.807) is 12.1 Å². The van der Waals surface area contributed by atoms with Gasteiger partial charge in [-0.05, 0) is 39.0 Å². The Balaban J connectivity index is 2.24. The molecule has 1 aromatic carbocycles. The van der Waals surface area contributed by atoms with Crippen LogP contribution in [0.4, 0.5) is 17.5 Å². The van der Waals surface area contributed by atoms with Gasteiger partial charge in [0.05, 0.1) is 10.0 Å². The molecule has 0 aliphatic rings. The largest absolute Gasteiger partial charge is 0.368 e. The van der Waals surface area contributed by atoms with Gasteiger partial charge in [-0.15, -0.1) is 0 Å². The topological polar surface area (TPSA) is 49.8 Å². The lowest BCUT2D eigenvalue weighted by molar-refractivity contribution is 0.885. The molecular formula is C14H16Cl2N4. The third-order valence-electron chi connectivity index (χ3n) is 2.47. The van der Waals surface area contributed by atoms with E-state index >= 15 is 0 Å². The molecule has 6 heteroatoms. The number of nitrogens with zero attached hydrogens (tertiary/aromatic N) is 2.